The number of nitrogens with one attached hydrogen (secondary N) is 2. The molecule has 0 spiro atoms. The lowest BCUT2D eigenvalue weighted by atomic mass is 10.0. The van der Waals surface area contributed by atoms with Crippen LogP contribution < -0.4 is 15.5 Å². The van der Waals surface area contributed by atoms with Crippen molar-refractivity contribution < 1.29 is 14.3 Å². The van der Waals surface area contributed by atoms with Crippen LogP contribution in [0.5, 0.6) is 5.75 Å². The highest BCUT2D eigenvalue weighted by atomic mass is 79.9. The predicted molar refractivity (Wildman–Crippen MR) is 119 cm³/mol. The third kappa shape index (κ3) is 3.90. The minimum absolute atomic E-state index is 0.341. The van der Waals surface area contributed by atoms with Gasteiger partial charge in [-0.05, 0) is 48.5 Å². The van der Waals surface area contributed by atoms with Crippen LogP contribution in [0.1, 0.15) is 32.4 Å². The number of pyridine rings is 1. The molecule has 1 atom stereocenters. The van der Waals surface area contributed by atoms with E-state index >= 15 is 0 Å². The van der Waals surface area contributed by atoms with E-state index in [1.54, 1.807) is 25.3 Å². The Morgan fingerprint density at radius 1 is 1.13 bits per heavy atom. The lowest BCUT2D eigenvalue weighted by Gasteiger charge is -2.38. The molecule has 0 bridgehead atoms. The van der Waals surface area contributed by atoms with Crippen molar-refractivity contribution in [2.45, 2.75) is 6.17 Å². The third-order valence-corrected chi connectivity index (χ3v) is 5.86. The molecule has 0 aliphatic carbocycles. The first-order chi connectivity index (χ1) is 14.5. The van der Waals surface area contributed by atoms with Gasteiger partial charge in [-0.3, -0.25) is 20.0 Å². The van der Waals surface area contributed by atoms with Crippen molar-refractivity contribution in [2.75, 3.05) is 12.4 Å². The summed E-state index contributed by atoms with van der Waals surface area (Å²) < 4.78 is 6.87. The Morgan fingerprint density at radius 2 is 1.90 bits per heavy atom. The lowest BCUT2D eigenvalue weighted by molar-refractivity contribution is 0.0490. The molecule has 2 aromatic carbocycles. The van der Waals surface area contributed by atoms with E-state index in [0.717, 1.165) is 14.5 Å². The van der Waals surface area contributed by atoms with Gasteiger partial charge in [0.2, 0.25) is 0 Å². The van der Waals surface area contributed by atoms with Gasteiger partial charge in [-0.15, -0.1) is 0 Å². The van der Waals surface area contributed by atoms with E-state index in [-0.39, 0.29) is 5.91 Å². The average molecular weight is 532 g/mol. The van der Waals surface area contributed by atoms with Gasteiger partial charge in [0, 0.05) is 38.2 Å². The molecule has 0 radical (unpaired) electrons. The van der Waals surface area contributed by atoms with Gasteiger partial charge in [-0.2, -0.15) is 0 Å². The highest BCUT2D eigenvalue weighted by Gasteiger charge is 2.36. The summed E-state index contributed by atoms with van der Waals surface area (Å²) in [4.78, 5) is 30.1. The van der Waals surface area contributed by atoms with Crippen molar-refractivity contribution in [1.29, 1.82) is 0 Å². The number of hydrazine groups is 1. The smallest absolute Gasteiger partial charge is 0.276 e. The summed E-state index contributed by atoms with van der Waals surface area (Å²) in [5, 5.41) is 4.63. The largest absolute Gasteiger partial charge is 0.497 e. The Morgan fingerprint density at radius 3 is 2.63 bits per heavy atom. The first-order valence-electron chi connectivity index (χ1n) is 8.92. The normalized spacial score (nSPS) is 15.2. The van der Waals surface area contributed by atoms with Gasteiger partial charge >= 0.3 is 0 Å². The van der Waals surface area contributed by atoms with Crippen LogP contribution in [0, 0.1) is 0 Å². The quantitative estimate of drug-likeness (QED) is 0.517. The molecule has 9 heteroatoms. The van der Waals surface area contributed by atoms with Crippen LogP contribution in [-0.4, -0.2) is 28.9 Å². The van der Waals surface area contributed by atoms with Crippen LogP contribution in [0.25, 0.3) is 0 Å². The molecule has 7 nitrogen and oxygen atoms in total. The number of nitrogens with zero attached hydrogens (tertiary/aromatic N) is 2. The summed E-state index contributed by atoms with van der Waals surface area (Å²) in [5.41, 5.74) is 4.96. The van der Waals surface area contributed by atoms with E-state index in [0.29, 0.717) is 22.6 Å². The Balaban J connectivity index is 1.78. The summed E-state index contributed by atoms with van der Waals surface area (Å²) >= 11 is 6.94. The van der Waals surface area contributed by atoms with Crippen molar-refractivity contribution in [2.24, 2.45) is 0 Å². The van der Waals surface area contributed by atoms with Gasteiger partial charge in [-0.25, -0.2) is 5.01 Å². The fourth-order valence-corrected chi connectivity index (χ4v) is 3.97. The van der Waals surface area contributed by atoms with Crippen LogP contribution in [0.3, 0.4) is 0 Å². The first kappa shape index (κ1) is 20.4. The number of ether oxygens (including phenoxy) is 1. The Labute approximate surface area is 189 Å². The predicted octanol–water partition coefficient (Wildman–Crippen LogP) is 4.53. The number of methoxy groups -OCH3 is 1. The zero-order chi connectivity index (χ0) is 21.3. The number of aromatic nitrogens is 1. The van der Waals surface area contributed by atoms with Crippen LogP contribution in [-0.2, 0) is 0 Å². The molecule has 1 unspecified atom stereocenters. The van der Waals surface area contributed by atoms with Crippen LogP contribution >= 0.6 is 31.9 Å². The Bertz CT molecular complexity index is 1120. The standard InChI is InChI=1S/C21H16Br2N4O3/c1-30-14-3-4-17(23)15(11-14)19-25-18-5-2-13(22)10-16(18)21(29)27(19)26-20(28)12-6-8-24-9-7-12/h2-11,19,25H,1H3,(H,26,28). The van der Waals surface area contributed by atoms with Crippen LogP contribution in [0.2, 0.25) is 0 Å². The van der Waals surface area contributed by atoms with E-state index in [1.165, 1.54) is 17.4 Å². The number of hydrogen-bond acceptors (Lipinski definition) is 5. The number of halogens is 2. The first-order valence-corrected chi connectivity index (χ1v) is 10.5. The van der Waals surface area contributed by atoms with Crippen molar-refractivity contribution >= 4 is 49.4 Å². The number of fused-ring (bicyclic) bond motifs is 1. The number of rotatable bonds is 4. The summed E-state index contributed by atoms with van der Waals surface area (Å²) in [7, 11) is 1.57. The fraction of sp³-hybridized carbons (Fsp3) is 0.0952. The molecule has 0 fully saturated rings. The topological polar surface area (TPSA) is 83.6 Å². The van der Waals surface area contributed by atoms with E-state index in [4.69, 9.17) is 4.74 Å². The Kier molecular flexibility index (Phi) is 5.74. The van der Waals surface area contributed by atoms with Crippen molar-refractivity contribution in [1.82, 2.24) is 15.4 Å². The highest BCUT2D eigenvalue weighted by molar-refractivity contribution is 9.10. The third-order valence-electron chi connectivity index (χ3n) is 4.64. The van der Waals surface area contributed by atoms with E-state index in [9.17, 15) is 9.59 Å². The zero-order valence-corrected chi connectivity index (χ0v) is 18.9. The number of anilines is 1. The molecule has 152 valence electrons. The van der Waals surface area contributed by atoms with E-state index in [1.807, 2.05) is 30.3 Å². The summed E-state index contributed by atoms with van der Waals surface area (Å²) in [6, 6.07) is 14.0. The Hall–Kier alpha value is -2.91. The molecule has 4 rings (SSSR count). The van der Waals surface area contributed by atoms with Gasteiger partial charge in [0.05, 0.1) is 12.7 Å². The van der Waals surface area contributed by atoms with E-state index in [2.05, 4.69) is 47.6 Å². The van der Waals surface area contributed by atoms with Crippen LogP contribution in [0.15, 0.2) is 69.9 Å². The molecule has 1 aliphatic rings. The maximum absolute atomic E-state index is 13.4. The van der Waals surface area contributed by atoms with Crippen molar-refractivity contribution in [3.05, 3.63) is 86.6 Å². The minimum Gasteiger partial charge on any atom is -0.497 e. The molecule has 1 aromatic heterocycles. The van der Waals surface area contributed by atoms with Gasteiger partial charge in [0.15, 0.2) is 0 Å². The fourth-order valence-electron chi connectivity index (χ4n) is 3.15. The molecule has 1 aliphatic heterocycles. The molecule has 2 heterocycles. The molecule has 2 N–H and O–H groups in total. The minimum atomic E-state index is -0.665. The number of hydrogen-bond donors (Lipinski definition) is 2. The summed E-state index contributed by atoms with van der Waals surface area (Å²) in [6.45, 7) is 0. The van der Waals surface area contributed by atoms with Gasteiger partial charge in [0.25, 0.3) is 11.8 Å². The number of carbonyl (C=O) groups excluding carboxylic acids is 2. The molecular formula is C21H16Br2N4O3. The molecular weight excluding hydrogens is 516 g/mol. The van der Waals surface area contributed by atoms with Gasteiger partial charge in [0.1, 0.15) is 11.9 Å². The highest BCUT2D eigenvalue weighted by Crippen LogP contribution is 2.37. The number of benzene rings is 2. The number of carbonyl (C=O) groups is 2. The monoisotopic (exact) mass is 530 g/mol. The van der Waals surface area contributed by atoms with Gasteiger partial charge in [-0.1, -0.05) is 31.9 Å². The molecule has 3 aromatic rings. The molecule has 0 saturated heterocycles. The maximum atomic E-state index is 13.4. The second kappa shape index (κ2) is 8.45. The second-order valence-corrected chi connectivity index (χ2v) is 8.25. The maximum Gasteiger partial charge on any atom is 0.276 e. The molecule has 0 saturated carbocycles. The lowest BCUT2D eigenvalue weighted by Crippen LogP contribution is -2.53. The van der Waals surface area contributed by atoms with Crippen molar-refractivity contribution in [3.63, 3.8) is 0 Å². The summed E-state index contributed by atoms with van der Waals surface area (Å²) in [6.07, 6.45) is 2.38. The zero-order valence-electron chi connectivity index (χ0n) is 15.7. The number of amides is 2. The van der Waals surface area contributed by atoms with Crippen LogP contribution in [0.4, 0.5) is 5.69 Å². The molecule has 30 heavy (non-hydrogen) atoms. The average Bonchev–Trinajstić information content (AvgIpc) is 2.77. The summed E-state index contributed by atoms with van der Waals surface area (Å²) in [5.74, 6) is -0.133. The second-order valence-electron chi connectivity index (χ2n) is 6.48. The SMILES string of the molecule is COc1ccc(Br)c(C2Nc3ccc(Br)cc3C(=O)N2NC(=O)c2ccncc2)c1. The van der Waals surface area contributed by atoms with Gasteiger partial charge < -0.3 is 10.1 Å². The molecule has 2 amide bonds. The van der Waals surface area contributed by atoms with E-state index < -0.39 is 12.1 Å². The van der Waals surface area contributed by atoms with Crippen molar-refractivity contribution in [3.8, 4) is 5.75 Å².